The second-order valence-corrected chi connectivity index (χ2v) is 8.35. The van der Waals surface area contributed by atoms with E-state index in [-0.39, 0.29) is 28.8 Å². The molecule has 4 aromatic heterocycles. The van der Waals surface area contributed by atoms with E-state index in [1.165, 1.54) is 23.2 Å². The average molecular weight is 497 g/mol. The topological polar surface area (TPSA) is 90.8 Å². The highest BCUT2D eigenvalue weighted by Crippen LogP contribution is 2.33. The predicted octanol–water partition coefficient (Wildman–Crippen LogP) is 5.47. The van der Waals surface area contributed by atoms with Gasteiger partial charge < -0.3 is 9.73 Å². The van der Waals surface area contributed by atoms with Crippen LogP contribution in [-0.2, 0) is 17.9 Å². The number of carbonyl (C=O) groups is 1. The summed E-state index contributed by atoms with van der Waals surface area (Å²) in [6.07, 6.45) is 1.92. The number of pyridine rings is 1. The fourth-order valence-electron chi connectivity index (χ4n) is 3.85. The third-order valence-electron chi connectivity index (χ3n) is 5.38. The first-order valence-electron chi connectivity index (χ1n) is 10.6. The quantitative estimate of drug-likeness (QED) is 0.322. The minimum absolute atomic E-state index is 0.181. The number of rotatable bonds is 7. The maximum atomic E-state index is 13.8. The van der Waals surface area contributed by atoms with Gasteiger partial charge >= 0.3 is 0 Å². The molecule has 0 saturated heterocycles. The molecule has 5 aromatic rings. The van der Waals surface area contributed by atoms with E-state index in [2.05, 4.69) is 20.5 Å². The Morgan fingerprint density at radius 2 is 2.03 bits per heavy atom. The van der Waals surface area contributed by atoms with E-state index in [1.54, 1.807) is 42.1 Å². The average Bonchev–Trinajstić information content (AvgIpc) is 3.57. The minimum Gasteiger partial charge on any atom is -0.463 e. The molecule has 0 saturated carbocycles. The van der Waals surface area contributed by atoms with Crippen LogP contribution in [0.4, 0.5) is 14.5 Å². The molecule has 0 aliphatic carbocycles. The third kappa shape index (κ3) is 4.78. The number of amides is 1. The fraction of sp³-hybridized carbons (Fsp3) is 0.167. The Morgan fingerprint density at radius 1 is 1.23 bits per heavy atom. The maximum absolute atomic E-state index is 13.8. The molecule has 0 bridgehead atoms. The maximum Gasteiger partial charge on any atom is 0.264 e. The minimum atomic E-state index is -2.74. The third-order valence-corrected chi connectivity index (χ3v) is 5.64. The monoisotopic (exact) mass is 496 g/mol. The number of nitrogens with one attached hydrogen (secondary N) is 1. The number of hydrogen-bond acceptors (Lipinski definition) is 5. The normalized spacial score (nSPS) is 11.5. The van der Waals surface area contributed by atoms with Crippen molar-refractivity contribution in [1.29, 1.82) is 0 Å². The molecule has 178 valence electrons. The van der Waals surface area contributed by atoms with Gasteiger partial charge in [0.2, 0.25) is 5.91 Å². The Bertz CT molecular complexity index is 1490. The summed E-state index contributed by atoms with van der Waals surface area (Å²) in [6, 6.07) is 11.9. The van der Waals surface area contributed by atoms with E-state index in [0.29, 0.717) is 28.7 Å². The summed E-state index contributed by atoms with van der Waals surface area (Å²) >= 11 is 5.92. The zero-order chi connectivity index (χ0) is 24.5. The zero-order valence-electron chi connectivity index (χ0n) is 18.5. The van der Waals surface area contributed by atoms with Crippen LogP contribution in [0.5, 0.6) is 0 Å². The SMILES string of the molecule is Cc1nn(CC(=O)Nc2cnn(Cc3ccc(Cl)cc3)c2)c2nc(-c3ccco3)cc(C(F)F)c12. The smallest absolute Gasteiger partial charge is 0.264 e. The van der Waals surface area contributed by atoms with Crippen LogP contribution >= 0.6 is 11.6 Å². The van der Waals surface area contributed by atoms with Gasteiger partial charge in [0.25, 0.3) is 6.43 Å². The molecule has 1 aromatic carbocycles. The molecule has 5 rings (SSSR count). The van der Waals surface area contributed by atoms with Crippen LogP contribution in [0, 0.1) is 6.92 Å². The van der Waals surface area contributed by atoms with Gasteiger partial charge in [0, 0.05) is 16.8 Å². The Morgan fingerprint density at radius 3 is 2.74 bits per heavy atom. The Labute approximate surface area is 203 Å². The largest absolute Gasteiger partial charge is 0.463 e. The van der Waals surface area contributed by atoms with Crippen molar-refractivity contribution in [2.24, 2.45) is 0 Å². The molecule has 0 aliphatic rings. The van der Waals surface area contributed by atoms with Crippen LogP contribution in [0.25, 0.3) is 22.5 Å². The highest BCUT2D eigenvalue weighted by Gasteiger charge is 2.22. The summed E-state index contributed by atoms with van der Waals surface area (Å²) < 4.78 is 36.0. The summed E-state index contributed by atoms with van der Waals surface area (Å²) in [7, 11) is 0. The van der Waals surface area contributed by atoms with E-state index in [9.17, 15) is 13.6 Å². The molecule has 11 heteroatoms. The number of benzene rings is 1. The second-order valence-electron chi connectivity index (χ2n) is 7.92. The van der Waals surface area contributed by atoms with Crippen molar-refractivity contribution in [3.8, 4) is 11.5 Å². The van der Waals surface area contributed by atoms with Crippen molar-refractivity contribution in [1.82, 2.24) is 24.5 Å². The van der Waals surface area contributed by atoms with Gasteiger partial charge in [-0.1, -0.05) is 23.7 Å². The van der Waals surface area contributed by atoms with Gasteiger partial charge in [-0.25, -0.2) is 18.4 Å². The summed E-state index contributed by atoms with van der Waals surface area (Å²) in [5.74, 6) is -0.0546. The number of halogens is 3. The lowest BCUT2D eigenvalue weighted by Gasteiger charge is -2.07. The Kier molecular flexibility index (Phi) is 6.04. The highest BCUT2D eigenvalue weighted by atomic mass is 35.5. The molecule has 0 aliphatic heterocycles. The van der Waals surface area contributed by atoms with Crippen molar-refractivity contribution in [2.75, 3.05) is 5.32 Å². The summed E-state index contributed by atoms with van der Waals surface area (Å²) in [5, 5.41) is 12.2. The molecule has 35 heavy (non-hydrogen) atoms. The van der Waals surface area contributed by atoms with Gasteiger partial charge in [0.15, 0.2) is 11.4 Å². The lowest BCUT2D eigenvalue weighted by Crippen LogP contribution is -2.19. The molecule has 4 heterocycles. The number of nitrogens with zero attached hydrogens (tertiary/aromatic N) is 5. The lowest BCUT2D eigenvalue weighted by atomic mass is 10.1. The molecule has 0 fully saturated rings. The van der Waals surface area contributed by atoms with E-state index in [0.717, 1.165) is 5.56 Å². The summed E-state index contributed by atoms with van der Waals surface area (Å²) in [4.78, 5) is 17.2. The van der Waals surface area contributed by atoms with Crippen molar-refractivity contribution in [3.63, 3.8) is 0 Å². The van der Waals surface area contributed by atoms with Gasteiger partial charge in [-0.05, 0) is 42.8 Å². The Balaban J connectivity index is 1.37. The molecule has 1 N–H and O–H groups in total. The van der Waals surface area contributed by atoms with Crippen LogP contribution in [0.1, 0.15) is 23.2 Å². The van der Waals surface area contributed by atoms with E-state index >= 15 is 0 Å². The van der Waals surface area contributed by atoms with Gasteiger partial charge in [0.05, 0.1) is 35.8 Å². The molecule has 0 radical (unpaired) electrons. The van der Waals surface area contributed by atoms with E-state index in [1.807, 2.05) is 12.1 Å². The lowest BCUT2D eigenvalue weighted by molar-refractivity contribution is -0.116. The number of furan rings is 1. The van der Waals surface area contributed by atoms with Crippen LogP contribution < -0.4 is 5.32 Å². The summed E-state index contributed by atoms with van der Waals surface area (Å²) in [5.41, 5.74) is 2.06. The van der Waals surface area contributed by atoms with Gasteiger partial charge in [-0.2, -0.15) is 10.2 Å². The first kappa shape index (κ1) is 22.7. The second kappa shape index (κ2) is 9.30. The van der Waals surface area contributed by atoms with Gasteiger partial charge in [-0.15, -0.1) is 0 Å². The van der Waals surface area contributed by atoms with Crippen molar-refractivity contribution in [3.05, 3.63) is 83.0 Å². The standard InChI is InChI=1S/C24H19ClF2N6O2/c1-14-22-18(23(26)27)9-19(20-3-2-8-35-20)30-24(22)33(31-14)13-21(34)29-17-10-28-32(12-17)11-15-4-6-16(25)7-5-15/h2-10,12,23H,11,13H2,1H3,(H,29,34). The molecule has 0 unspecified atom stereocenters. The number of aryl methyl sites for hydroxylation is 1. The van der Waals surface area contributed by atoms with Crippen LogP contribution in [0.15, 0.2) is 65.5 Å². The number of aromatic nitrogens is 5. The molecular formula is C24H19ClF2N6O2. The summed E-state index contributed by atoms with van der Waals surface area (Å²) in [6.45, 7) is 1.90. The van der Waals surface area contributed by atoms with Crippen LogP contribution in [0.3, 0.4) is 0 Å². The van der Waals surface area contributed by atoms with E-state index in [4.69, 9.17) is 16.0 Å². The van der Waals surface area contributed by atoms with Gasteiger partial charge in [-0.3, -0.25) is 9.48 Å². The van der Waals surface area contributed by atoms with Gasteiger partial charge in [0.1, 0.15) is 12.2 Å². The molecule has 8 nitrogen and oxygen atoms in total. The first-order chi connectivity index (χ1) is 16.9. The molecular weight excluding hydrogens is 478 g/mol. The Hall–Kier alpha value is -4.05. The molecule has 1 amide bonds. The van der Waals surface area contributed by atoms with Crippen molar-refractivity contribution >= 4 is 34.2 Å². The number of carbonyl (C=O) groups excluding carboxylic acids is 1. The van der Waals surface area contributed by atoms with Crippen molar-refractivity contribution < 1.29 is 18.0 Å². The predicted molar refractivity (Wildman–Crippen MR) is 126 cm³/mol. The number of anilines is 1. The van der Waals surface area contributed by atoms with Crippen LogP contribution in [-0.4, -0.2) is 30.5 Å². The number of hydrogen-bond donors (Lipinski definition) is 1. The van der Waals surface area contributed by atoms with Crippen molar-refractivity contribution in [2.45, 2.75) is 26.4 Å². The molecule has 0 spiro atoms. The highest BCUT2D eigenvalue weighted by molar-refractivity contribution is 6.30. The molecule has 0 atom stereocenters. The van der Waals surface area contributed by atoms with Crippen LogP contribution in [0.2, 0.25) is 5.02 Å². The number of fused-ring (bicyclic) bond motifs is 1. The first-order valence-corrected chi connectivity index (χ1v) is 11.0. The van der Waals surface area contributed by atoms with E-state index < -0.39 is 12.3 Å². The fourth-order valence-corrected chi connectivity index (χ4v) is 3.97. The zero-order valence-corrected chi connectivity index (χ0v) is 19.2. The number of alkyl halides is 2.